The number of benzene rings is 1. The predicted molar refractivity (Wildman–Crippen MR) is 56.8 cm³/mol. The summed E-state index contributed by atoms with van der Waals surface area (Å²) in [5.41, 5.74) is 6.88. The molecule has 0 amide bonds. The van der Waals surface area contributed by atoms with Crippen LogP contribution in [0.25, 0.3) is 0 Å². The van der Waals surface area contributed by atoms with E-state index >= 15 is 0 Å². The first kappa shape index (κ1) is 11.5. The van der Waals surface area contributed by atoms with Crippen LogP contribution in [-0.2, 0) is 4.74 Å². The van der Waals surface area contributed by atoms with E-state index in [0.717, 1.165) is 0 Å². The Morgan fingerprint density at radius 1 is 1.47 bits per heavy atom. The number of nitrogens with two attached hydrogens (primary N) is 1. The van der Waals surface area contributed by atoms with Crippen molar-refractivity contribution in [2.75, 3.05) is 12.8 Å². The maximum Gasteiger partial charge on any atom is 0.488 e. The van der Waals surface area contributed by atoms with Gasteiger partial charge in [-0.05, 0) is 30.1 Å². The first-order valence-corrected chi connectivity index (χ1v) is 4.31. The van der Waals surface area contributed by atoms with E-state index in [-0.39, 0.29) is 11.0 Å². The molecule has 0 heterocycles. The summed E-state index contributed by atoms with van der Waals surface area (Å²) in [6.07, 6.45) is 0. The van der Waals surface area contributed by atoms with E-state index in [2.05, 4.69) is 4.74 Å². The van der Waals surface area contributed by atoms with Crippen LogP contribution >= 0.6 is 0 Å². The highest BCUT2D eigenvalue weighted by atomic mass is 16.5. The maximum atomic E-state index is 11.2. The van der Waals surface area contributed by atoms with Crippen LogP contribution in [0.15, 0.2) is 12.1 Å². The van der Waals surface area contributed by atoms with Crippen LogP contribution in [0.1, 0.15) is 15.9 Å². The van der Waals surface area contributed by atoms with E-state index in [1.165, 1.54) is 19.2 Å². The lowest BCUT2D eigenvalue weighted by atomic mass is 9.76. The van der Waals surface area contributed by atoms with Crippen LogP contribution in [0.5, 0.6) is 0 Å². The quantitative estimate of drug-likeness (QED) is 0.331. The smallest absolute Gasteiger partial charge is 0.465 e. The van der Waals surface area contributed by atoms with E-state index in [1.54, 1.807) is 6.92 Å². The molecule has 0 saturated heterocycles. The molecule has 15 heavy (non-hydrogen) atoms. The second-order valence-electron chi connectivity index (χ2n) is 3.14. The van der Waals surface area contributed by atoms with Crippen molar-refractivity contribution in [1.29, 1.82) is 0 Å². The molecule has 0 radical (unpaired) electrons. The lowest BCUT2D eigenvalue weighted by molar-refractivity contribution is 0.0601. The average Bonchev–Trinajstić information content (AvgIpc) is 2.20. The third-order valence-corrected chi connectivity index (χ3v) is 2.19. The Balaban J connectivity index is 3.29. The second-order valence-corrected chi connectivity index (χ2v) is 3.14. The molecule has 5 nitrogen and oxygen atoms in total. The van der Waals surface area contributed by atoms with E-state index in [9.17, 15) is 4.79 Å². The largest absolute Gasteiger partial charge is 0.488 e. The minimum Gasteiger partial charge on any atom is -0.465 e. The van der Waals surface area contributed by atoms with Crippen molar-refractivity contribution in [2.24, 2.45) is 0 Å². The standard InChI is InChI=1S/C9H12BNO4/c1-5-7(10(13)14)3-6(4-8(5)11)9(12)15-2/h3-4,13-14H,11H2,1-2H3. The van der Waals surface area contributed by atoms with Crippen molar-refractivity contribution < 1.29 is 19.6 Å². The van der Waals surface area contributed by atoms with E-state index in [0.29, 0.717) is 11.3 Å². The number of nitrogen functional groups attached to an aromatic ring is 1. The number of carbonyl (C=O) groups is 1. The van der Waals surface area contributed by atoms with Crippen LogP contribution in [0.2, 0.25) is 0 Å². The topological polar surface area (TPSA) is 92.8 Å². The van der Waals surface area contributed by atoms with Gasteiger partial charge in [-0.2, -0.15) is 0 Å². The van der Waals surface area contributed by atoms with E-state index < -0.39 is 13.1 Å². The van der Waals surface area contributed by atoms with Gasteiger partial charge in [0.2, 0.25) is 0 Å². The number of rotatable bonds is 2. The zero-order valence-electron chi connectivity index (χ0n) is 8.52. The van der Waals surface area contributed by atoms with Crippen LogP contribution in [-0.4, -0.2) is 30.2 Å². The summed E-state index contributed by atoms with van der Waals surface area (Å²) < 4.78 is 4.51. The third kappa shape index (κ3) is 2.29. The summed E-state index contributed by atoms with van der Waals surface area (Å²) in [6.45, 7) is 1.64. The van der Waals surface area contributed by atoms with Crippen molar-refractivity contribution in [1.82, 2.24) is 0 Å². The number of carbonyl (C=O) groups excluding carboxylic acids is 1. The highest BCUT2D eigenvalue weighted by molar-refractivity contribution is 6.59. The summed E-state index contributed by atoms with van der Waals surface area (Å²) >= 11 is 0. The highest BCUT2D eigenvalue weighted by Gasteiger charge is 2.19. The zero-order chi connectivity index (χ0) is 11.6. The number of anilines is 1. The molecule has 0 bridgehead atoms. The molecular weight excluding hydrogens is 197 g/mol. The van der Waals surface area contributed by atoms with Crippen molar-refractivity contribution in [2.45, 2.75) is 6.92 Å². The fraction of sp³-hybridized carbons (Fsp3) is 0.222. The molecule has 1 aromatic rings. The van der Waals surface area contributed by atoms with E-state index in [4.69, 9.17) is 15.8 Å². The Labute approximate surface area is 87.6 Å². The minimum atomic E-state index is -1.66. The highest BCUT2D eigenvalue weighted by Crippen LogP contribution is 2.12. The van der Waals surface area contributed by atoms with Crippen LogP contribution in [0.4, 0.5) is 5.69 Å². The summed E-state index contributed by atoms with van der Waals surface area (Å²) in [5, 5.41) is 18.1. The van der Waals surface area contributed by atoms with Crippen molar-refractivity contribution in [3.05, 3.63) is 23.3 Å². The van der Waals surface area contributed by atoms with Gasteiger partial charge in [-0.15, -0.1) is 0 Å². The van der Waals surface area contributed by atoms with Gasteiger partial charge in [0, 0.05) is 5.69 Å². The van der Waals surface area contributed by atoms with Gasteiger partial charge in [0.25, 0.3) is 0 Å². The number of hydrogen-bond donors (Lipinski definition) is 3. The van der Waals surface area contributed by atoms with Crippen molar-refractivity contribution >= 4 is 24.2 Å². The summed E-state index contributed by atoms with van der Waals surface area (Å²) in [4.78, 5) is 11.2. The molecule has 0 aliphatic rings. The summed E-state index contributed by atoms with van der Waals surface area (Å²) in [6, 6.07) is 2.79. The van der Waals surface area contributed by atoms with Gasteiger partial charge in [-0.1, -0.05) is 0 Å². The fourth-order valence-electron chi connectivity index (χ4n) is 1.26. The SMILES string of the molecule is COC(=O)c1cc(N)c(C)c(B(O)O)c1. The van der Waals surface area contributed by atoms with Gasteiger partial charge in [0.15, 0.2) is 0 Å². The fourth-order valence-corrected chi connectivity index (χ4v) is 1.26. The molecule has 0 aromatic heterocycles. The first-order chi connectivity index (χ1) is 6.97. The van der Waals surface area contributed by atoms with Crippen LogP contribution in [0, 0.1) is 6.92 Å². The molecule has 0 saturated carbocycles. The molecule has 0 fully saturated rings. The molecule has 4 N–H and O–H groups in total. The third-order valence-electron chi connectivity index (χ3n) is 2.19. The predicted octanol–water partition coefficient (Wildman–Crippen LogP) is -0.956. The number of ether oxygens (including phenoxy) is 1. The van der Waals surface area contributed by atoms with Crippen LogP contribution in [0.3, 0.4) is 0 Å². The number of hydrogen-bond acceptors (Lipinski definition) is 5. The van der Waals surface area contributed by atoms with Crippen molar-refractivity contribution in [3.8, 4) is 0 Å². The molecule has 0 aliphatic carbocycles. The molecule has 0 aliphatic heterocycles. The molecule has 0 unspecified atom stereocenters. The molecule has 80 valence electrons. The summed E-state index contributed by atoms with van der Waals surface area (Å²) in [7, 11) is -0.412. The van der Waals surface area contributed by atoms with Gasteiger partial charge in [-0.3, -0.25) is 0 Å². The lowest BCUT2D eigenvalue weighted by Crippen LogP contribution is -2.33. The maximum absolute atomic E-state index is 11.2. The van der Waals surface area contributed by atoms with Gasteiger partial charge in [-0.25, -0.2) is 4.79 Å². The summed E-state index contributed by atoms with van der Waals surface area (Å²) in [5.74, 6) is -0.566. The Hall–Kier alpha value is -1.53. The Morgan fingerprint density at radius 3 is 2.53 bits per heavy atom. The van der Waals surface area contributed by atoms with Crippen LogP contribution < -0.4 is 11.2 Å². The van der Waals surface area contributed by atoms with Gasteiger partial charge < -0.3 is 20.5 Å². The second kappa shape index (κ2) is 4.33. The Kier molecular flexibility index (Phi) is 3.33. The minimum absolute atomic E-state index is 0.198. The van der Waals surface area contributed by atoms with Gasteiger partial charge in [0.1, 0.15) is 0 Å². The number of methoxy groups -OCH3 is 1. The molecular formula is C9H12BNO4. The average molecular weight is 209 g/mol. The molecule has 0 spiro atoms. The van der Waals surface area contributed by atoms with E-state index in [1.807, 2.05) is 0 Å². The molecule has 1 rings (SSSR count). The molecule has 1 aromatic carbocycles. The Bertz CT molecular complexity index is 392. The van der Waals surface area contributed by atoms with Gasteiger partial charge >= 0.3 is 13.1 Å². The first-order valence-electron chi connectivity index (χ1n) is 4.31. The lowest BCUT2D eigenvalue weighted by Gasteiger charge is -2.10. The Morgan fingerprint density at radius 2 is 2.07 bits per heavy atom. The molecule has 6 heteroatoms. The monoisotopic (exact) mass is 209 g/mol. The normalized spacial score (nSPS) is 9.87. The zero-order valence-corrected chi connectivity index (χ0v) is 8.52. The number of esters is 1. The van der Waals surface area contributed by atoms with Crippen molar-refractivity contribution in [3.63, 3.8) is 0 Å². The van der Waals surface area contributed by atoms with Gasteiger partial charge in [0.05, 0.1) is 12.7 Å². The molecule has 0 atom stereocenters.